The average molecular weight is 482 g/mol. The molecule has 3 amide bonds. The maximum atomic E-state index is 13.9. The Bertz CT molecular complexity index is 1260. The summed E-state index contributed by atoms with van der Waals surface area (Å²) < 4.78 is 54.7. The van der Waals surface area contributed by atoms with Crippen molar-refractivity contribution >= 4 is 29.2 Å². The molecule has 12 heteroatoms. The number of fused-ring (bicyclic) bond motifs is 1. The molecule has 2 aromatic carbocycles. The van der Waals surface area contributed by atoms with Crippen LogP contribution in [-0.2, 0) is 19.3 Å². The topological polar surface area (TPSA) is 93.2 Å². The third-order valence-corrected chi connectivity index (χ3v) is 5.49. The zero-order valence-corrected chi connectivity index (χ0v) is 17.5. The number of benzene rings is 2. The molecule has 4 rings (SSSR count). The minimum absolute atomic E-state index is 0.0278. The molecule has 1 aromatic heterocycles. The number of hydrogen-bond acceptors (Lipinski definition) is 3. The van der Waals surface area contributed by atoms with Gasteiger partial charge in [-0.25, -0.2) is 9.18 Å². The summed E-state index contributed by atoms with van der Waals surface area (Å²) in [6.07, 6.45) is -4.64. The number of carbonyl (C=O) groups excluding carboxylic acids is 2. The highest BCUT2D eigenvalue weighted by Crippen LogP contribution is 2.35. The normalized spacial score (nSPS) is 13.5. The molecular formula is C21H16ClF4N5O2. The van der Waals surface area contributed by atoms with Crippen LogP contribution in [0, 0.1) is 5.82 Å². The number of aromatic nitrogens is 2. The van der Waals surface area contributed by atoms with E-state index in [1.165, 1.54) is 33.8 Å². The van der Waals surface area contributed by atoms with E-state index in [1.54, 1.807) is 0 Å². The number of rotatable bonds is 3. The number of nitrogens with two attached hydrogens (primary N) is 1. The molecule has 0 saturated carbocycles. The quantitative estimate of drug-likeness (QED) is 0.539. The molecule has 172 valence electrons. The van der Waals surface area contributed by atoms with Crippen LogP contribution in [0.1, 0.15) is 21.6 Å². The van der Waals surface area contributed by atoms with Crippen LogP contribution in [0.2, 0.25) is 5.02 Å². The second kappa shape index (κ2) is 8.39. The lowest BCUT2D eigenvalue weighted by Gasteiger charge is -2.26. The number of alkyl halides is 3. The number of halogens is 5. The van der Waals surface area contributed by atoms with Crippen molar-refractivity contribution in [1.29, 1.82) is 0 Å². The maximum absolute atomic E-state index is 13.9. The molecule has 1 aliphatic heterocycles. The fourth-order valence-electron chi connectivity index (χ4n) is 3.56. The summed E-state index contributed by atoms with van der Waals surface area (Å²) in [5.74, 6) is -1.38. The van der Waals surface area contributed by atoms with Gasteiger partial charge in [-0.15, -0.1) is 0 Å². The van der Waals surface area contributed by atoms with Crippen molar-refractivity contribution in [3.05, 3.63) is 70.1 Å². The summed E-state index contributed by atoms with van der Waals surface area (Å²) >= 11 is 6.02. The molecule has 7 nitrogen and oxygen atoms in total. The van der Waals surface area contributed by atoms with Crippen LogP contribution >= 0.6 is 11.6 Å². The molecule has 0 unspecified atom stereocenters. The Labute approximate surface area is 189 Å². The van der Waals surface area contributed by atoms with Gasteiger partial charge in [-0.3, -0.25) is 9.48 Å². The van der Waals surface area contributed by atoms with Gasteiger partial charge < -0.3 is 16.0 Å². The number of nitrogens with one attached hydrogen (secondary N) is 1. The maximum Gasteiger partial charge on any atom is 0.416 e. The van der Waals surface area contributed by atoms with Crippen LogP contribution in [0.5, 0.6) is 0 Å². The highest BCUT2D eigenvalue weighted by molar-refractivity contribution is 6.34. The van der Waals surface area contributed by atoms with E-state index in [0.717, 1.165) is 12.1 Å². The predicted octanol–water partition coefficient (Wildman–Crippen LogP) is 4.51. The number of hydrogen-bond donors (Lipinski definition) is 2. The number of carbonyl (C=O) groups is 2. The van der Waals surface area contributed by atoms with Crippen molar-refractivity contribution in [1.82, 2.24) is 14.7 Å². The summed E-state index contributed by atoms with van der Waals surface area (Å²) in [7, 11) is 0. The smallest absolute Gasteiger partial charge is 0.351 e. The van der Waals surface area contributed by atoms with E-state index >= 15 is 0 Å². The van der Waals surface area contributed by atoms with Crippen molar-refractivity contribution < 1.29 is 27.2 Å². The highest BCUT2D eigenvalue weighted by atomic mass is 35.5. The van der Waals surface area contributed by atoms with Gasteiger partial charge in [0, 0.05) is 12.1 Å². The number of amides is 3. The summed E-state index contributed by atoms with van der Waals surface area (Å²) in [6.45, 7) is 0.405. The first-order valence-corrected chi connectivity index (χ1v) is 10.0. The Morgan fingerprint density at radius 2 is 1.88 bits per heavy atom. The molecule has 0 fully saturated rings. The molecule has 0 spiro atoms. The van der Waals surface area contributed by atoms with Crippen LogP contribution in [0.15, 0.2) is 42.5 Å². The van der Waals surface area contributed by atoms with E-state index in [4.69, 9.17) is 17.3 Å². The van der Waals surface area contributed by atoms with E-state index in [9.17, 15) is 27.2 Å². The fraction of sp³-hybridized carbons (Fsp3) is 0.190. The van der Waals surface area contributed by atoms with Gasteiger partial charge in [0.2, 0.25) is 0 Å². The van der Waals surface area contributed by atoms with E-state index in [2.05, 4.69) is 10.4 Å². The Balaban J connectivity index is 1.80. The Kier molecular flexibility index (Phi) is 5.75. The SMILES string of the molecule is NC(=O)N1CCn2nc(-c3cccc(F)c3)c(C(=O)Nc3cc(C(F)(F)F)ccc3Cl)c2C1. The Morgan fingerprint density at radius 1 is 1.12 bits per heavy atom. The molecular weight excluding hydrogens is 466 g/mol. The molecule has 0 aliphatic carbocycles. The minimum Gasteiger partial charge on any atom is -0.351 e. The van der Waals surface area contributed by atoms with Gasteiger partial charge in [-0.05, 0) is 30.3 Å². The molecule has 2 heterocycles. The van der Waals surface area contributed by atoms with Gasteiger partial charge in [0.25, 0.3) is 5.91 Å². The number of urea groups is 1. The van der Waals surface area contributed by atoms with Crippen molar-refractivity contribution in [3.63, 3.8) is 0 Å². The molecule has 3 N–H and O–H groups in total. The van der Waals surface area contributed by atoms with Gasteiger partial charge in [0.1, 0.15) is 11.5 Å². The Hall–Kier alpha value is -3.60. The van der Waals surface area contributed by atoms with Crippen LogP contribution in [0.3, 0.4) is 0 Å². The van der Waals surface area contributed by atoms with E-state index in [0.29, 0.717) is 11.8 Å². The van der Waals surface area contributed by atoms with Crippen molar-refractivity contribution in [2.75, 3.05) is 11.9 Å². The lowest BCUT2D eigenvalue weighted by molar-refractivity contribution is -0.137. The summed E-state index contributed by atoms with van der Waals surface area (Å²) in [5, 5.41) is 6.68. The zero-order chi connectivity index (χ0) is 23.9. The second-order valence-corrected chi connectivity index (χ2v) is 7.72. The van der Waals surface area contributed by atoms with Crippen LogP contribution < -0.4 is 11.1 Å². The third kappa shape index (κ3) is 4.49. The summed E-state index contributed by atoms with van der Waals surface area (Å²) in [6, 6.07) is 7.19. The average Bonchev–Trinajstić information content (AvgIpc) is 3.13. The predicted molar refractivity (Wildman–Crippen MR) is 112 cm³/mol. The van der Waals surface area contributed by atoms with Crippen molar-refractivity contribution in [3.8, 4) is 11.3 Å². The van der Waals surface area contributed by atoms with Crippen molar-refractivity contribution in [2.24, 2.45) is 5.73 Å². The Morgan fingerprint density at radius 3 is 2.55 bits per heavy atom. The van der Waals surface area contributed by atoms with E-state index in [1.807, 2.05) is 0 Å². The minimum atomic E-state index is -4.64. The van der Waals surface area contributed by atoms with Gasteiger partial charge in [-0.2, -0.15) is 18.3 Å². The molecule has 0 radical (unpaired) electrons. The highest BCUT2D eigenvalue weighted by Gasteiger charge is 2.33. The first kappa shape index (κ1) is 22.6. The fourth-order valence-corrected chi connectivity index (χ4v) is 3.73. The second-order valence-electron chi connectivity index (χ2n) is 7.31. The van der Waals surface area contributed by atoms with Gasteiger partial charge in [0.05, 0.1) is 40.6 Å². The van der Waals surface area contributed by atoms with E-state index < -0.39 is 29.5 Å². The first-order valence-electron chi connectivity index (χ1n) is 9.62. The van der Waals surface area contributed by atoms with Gasteiger partial charge >= 0.3 is 12.2 Å². The zero-order valence-electron chi connectivity index (χ0n) is 16.8. The number of nitrogens with zero attached hydrogens (tertiary/aromatic N) is 3. The monoisotopic (exact) mass is 481 g/mol. The standard InChI is InChI=1S/C21H16ClF4N5O2/c22-14-5-4-12(21(24,25)26)9-15(14)28-19(32)17-16-10-30(20(27)33)6-7-31(16)29-18(17)11-2-1-3-13(23)8-11/h1-5,8-9H,6-7,10H2,(H2,27,33)(H,28,32). The third-order valence-electron chi connectivity index (χ3n) is 5.16. The lowest BCUT2D eigenvalue weighted by atomic mass is 10.0. The molecule has 33 heavy (non-hydrogen) atoms. The summed E-state index contributed by atoms with van der Waals surface area (Å²) in [5.41, 5.74) is 4.78. The largest absolute Gasteiger partial charge is 0.416 e. The van der Waals surface area contributed by atoms with Crippen molar-refractivity contribution in [2.45, 2.75) is 19.3 Å². The molecule has 0 bridgehead atoms. The van der Waals surface area contributed by atoms with Crippen LogP contribution in [0.25, 0.3) is 11.3 Å². The van der Waals surface area contributed by atoms with Gasteiger partial charge in [-0.1, -0.05) is 23.7 Å². The van der Waals surface area contributed by atoms with Gasteiger partial charge in [0.15, 0.2) is 0 Å². The van der Waals surface area contributed by atoms with E-state index in [-0.39, 0.29) is 47.2 Å². The summed E-state index contributed by atoms with van der Waals surface area (Å²) in [4.78, 5) is 26.3. The molecule has 3 aromatic rings. The molecule has 1 aliphatic rings. The number of primary amides is 1. The van der Waals surface area contributed by atoms with Crippen LogP contribution in [0.4, 0.5) is 28.0 Å². The molecule has 0 atom stereocenters. The van der Waals surface area contributed by atoms with Crippen LogP contribution in [-0.4, -0.2) is 33.2 Å². The lowest BCUT2D eigenvalue weighted by Crippen LogP contribution is -2.42. The number of anilines is 1. The molecule has 0 saturated heterocycles. The first-order chi connectivity index (χ1) is 15.5.